The van der Waals surface area contributed by atoms with E-state index in [1.807, 2.05) is 30.3 Å². The largest absolute Gasteiger partial charge is 0.496 e. The molecular weight excluding hydrogens is 266 g/mol. The zero-order valence-electron chi connectivity index (χ0n) is 12.3. The molecule has 0 aliphatic carbocycles. The molecule has 0 saturated carbocycles. The van der Waals surface area contributed by atoms with Gasteiger partial charge in [0.2, 0.25) is 0 Å². The van der Waals surface area contributed by atoms with Crippen LogP contribution in [0, 0.1) is 0 Å². The van der Waals surface area contributed by atoms with Crippen LogP contribution in [0.5, 0.6) is 11.5 Å². The third-order valence-electron chi connectivity index (χ3n) is 3.62. The van der Waals surface area contributed by atoms with Crippen LogP contribution in [0.4, 0.5) is 0 Å². The van der Waals surface area contributed by atoms with Gasteiger partial charge >= 0.3 is 0 Å². The van der Waals surface area contributed by atoms with E-state index >= 15 is 0 Å². The van der Waals surface area contributed by atoms with Gasteiger partial charge in [-0.2, -0.15) is 0 Å². The Balaban J connectivity index is 2.25. The number of fused-ring (bicyclic) bond motifs is 1. The molecule has 4 heteroatoms. The smallest absolute Gasteiger partial charge is 0.167 e. The van der Waals surface area contributed by atoms with Crippen molar-refractivity contribution in [3.63, 3.8) is 0 Å². The molecule has 0 aliphatic heterocycles. The molecule has 0 amide bonds. The standard InChI is InChI=1S/C17H17NO3/c1-4-11-9-13(16(20-3)10-15(11)19-2)17-12-7-5-6-8-14(12)21-18-17/h5-10H,4H2,1-3H3. The molecule has 0 saturated heterocycles. The summed E-state index contributed by atoms with van der Waals surface area (Å²) < 4.78 is 16.3. The highest BCUT2D eigenvalue weighted by atomic mass is 16.5. The first kappa shape index (κ1) is 13.5. The first-order chi connectivity index (χ1) is 10.3. The van der Waals surface area contributed by atoms with Gasteiger partial charge in [-0.1, -0.05) is 24.2 Å². The maximum absolute atomic E-state index is 5.50. The van der Waals surface area contributed by atoms with Crippen molar-refractivity contribution in [3.05, 3.63) is 42.0 Å². The molecule has 21 heavy (non-hydrogen) atoms. The number of aromatic nitrogens is 1. The summed E-state index contributed by atoms with van der Waals surface area (Å²) in [4.78, 5) is 0. The summed E-state index contributed by atoms with van der Waals surface area (Å²) in [6.07, 6.45) is 0.871. The van der Waals surface area contributed by atoms with Crippen LogP contribution in [0.1, 0.15) is 12.5 Å². The molecule has 108 valence electrons. The first-order valence-corrected chi connectivity index (χ1v) is 6.88. The van der Waals surface area contributed by atoms with Crippen LogP contribution in [-0.2, 0) is 6.42 Å². The Morgan fingerprint density at radius 1 is 1.05 bits per heavy atom. The van der Waals surface area contributed by atoms with E-state index in [9.17, 15) is 0 Å². The van der Waals surface area contributed by atoms with Gasteiger partial charge in [-0.25, -0.2) is 0 Å². The predicted octanol–water partition coefficient (Wildman–Crippen LogP) is 4.07. The minimum atomic E-state index is 0.725. The topological polar surface area (TPSA) is 44.5 Å². The zero-order chi connectivity index (χ0) is 14.8. The van der Waals surface area contributed by atoms with E-state index in [1.165, 1.54) is 0 Å². The lowest BCUT2D eigenvalue weighted by molar-refractivity contribution is 0.391. The van der Waals surface area contributed by atoms with Crippen LogP contribution in [0.2, 0.25) is 0 Å². The molecule has 3 rings (SSSR count). The van der Waals surface area contributed by atoms with E-state index in [1.54, 1.807) is 14.2 Å². The number of ether oxygens (including phenoxy) is 2. The van der Waals surface area contributed by atoms with Crippen molar-refractivity contribution in [2.45, 2.75) is 13.3 Å². The number of nitrogens with zero attached hydrogens (tertiary/aromatic N) is 1. The van der Waals surface area contributed by atoms with Crippen LogP contribution < -0.4 is 9.47 Å². The van der Waals surface area contributed by atoms with Gasteiger partial charge in [0, 0.05) is 17.0 Å². The minimum absolute atomic E-state index is 0.725. The predicted molar refractivity (Wildman–Crippen MR) is 81.9 cm³/mol. The fourth-order valence-electron chi connectivity index (χ4n) is 2.51. The van der Waals surface area contributed by atoms with Crippen molar-refractivity contribution in [1.82, 2.24) is 5.16 Å². The number of rotatable bonds is 4. The summed E-state index contributed by atoms with van der Waals surface area (Å²) in [7, 11) is 3.31. The third kappa shape index (κ3) is 2.23. The summed E-state index contributed by atoms with van der Waals surface area (Å²) in [5.41, 5.74) is 3.59. The van der Waals surface area contributed by atoms with Crippen molar-refractivity contribution in [2.75, 3.05) is 14.2 Å². The Morgan fingerprint density at radius 2 is 1.81 bits per heavy atom. The van der Waals surface area contributed by atoms with E-state index in [2.05, 4.69) is 18.1 Å². The van der Waals surface area contributed by atoms with Gasteiger partial charge in [0.25, 0.3) is 0 Å². The van der Waals surface area contributed by atoms with E-state index in [4.69, 9.17) is 14.0 Å². The van der Waals surface area contributed by atoms with E-state index in [0.717, 1.165) is 45.7 Å². The lowest BCUT2D eigenvalue weighted by Gasteiger charge is -2.12. The number of benzene rings is 2. The van der Waals surface area contributed by atoms with Gasteiger partial charge in [0.05, 0.1) is 14.2 Å². The fraction of sp³-hybridized carbons (Fsp3) is 0.235. The summed E-state index contributed by atoms with van der Waals surface area (Å²) in [6, 6.07) is 11.8. The lowest BCUT2D eigenvalue weighted by atomic mass is 10.0. The Kier molecular flexibility index (Phi) is 3.52. The molecule has 1 heterocycles. The fourth-order valence-corrected chi connectivity index (χ4v) is 2.51. The number of methoxy groups -OCH3 is 2. The van der Waals surface area contributed by atoms with Crippen molar-refractivity contribution in [3.8, 4) is 22.8 Å². The maximum atomic E-state index is 5.50. The maximum Gasteiger partial charge on any atom is 0.167 e. The SMILES string of the molecule is CCc1cc(-c2noc3ccccc23)c(OC)cc1OC. The number of aryl methyl sites for hydroxylation is 1. The second-order valence-electron chi connectivity index (χ2n) is 4.75. The summed E-state index contributed by atoms with van der Waals surface area (Å²) >= 11 is 0. The first-order valence-electron chi connectivity index (χ1n) is 6.88. The Hall–Kier alpha value is -2.49. The molecule has 4 nitrogen and oxygen atoms in total. The van der Waals surface area contributed by atoms with Gasteiger partial charge in [-0.3, -0.25) is 0 Å². The van der Waals surface area contributed by atoms with E-state index in [-0.39, 0.29) is 0 Å². The highest BCUT2D eigenvalue weighted by Gasteiger charge is 2.17. The molecule has 0 unspecified atom stereocenters. The molecule has 0 spiro atoms. The van der Waals surface area contributed by atoms with Crippen LogP contribution in [-0.4, -0.2) is 19.4 Å². The monoisotopic (exact) mass is 283 g/mol. The molecule has 1 aromatic heterocycles. The highest BCUT2D eigenvalue weighted by Crippen LogP contribution is 2.38. The molecular formula is C17H17NO3. The molecule has 0 atom stereocenters. The summed E-state index contributed by atoms with van der Waals surface area (Å²) in [6.45, 7) is 2.09. The van der Waals surface area contributed by atoms with Crippen LogP contribution >= 0.6 is 0 Å². The second kappa shape index (κ2) is 5.48. The molecule has 0 fully saturated rings. The summed E-state index contributed by atoms with van der Waals surface area (Å²) in [5, 5.41) is 5.18. The molecule has 0 bridgehead atoms. The average Bonchev–Trinajstić information content (AvgIpc) is 2.97. The van der Waals surface area contributed by atoms with Crippen LogP contribution in [0.3, 0.4) is 0 Å². The number of para-hydroxylation sites is 1. The molecule has 0 N–H and O–H groups in total. The Labute approximate surface area is 123 Å². The molecule has 2 aromatic carbocycles. The molecule has 0 aliphatic rings. The lowest BCUT2D eigenvalue weighted by Crippen LogP contribution is -1.95. The quantitative estimate of drug-likeness (QED) is 0.724. The van der Waals surface area contributed by atoms with Crippen molar-refractivity contribution < 1.29 is 14.0 Å². The Bertz CT molecular complexity index is 777. The number of hydrogen-bond acceptors (Lipinski definition) is 4. The van der Waals surface area contributed by atoms with Gasteiger partial charge in [0.1, 0.15) is 17.2 Å². The minimum Gasteiger partial charge on any atom is -0.496 e. The van der Waals surface area contributed by atoms with Crippen molar-refractivity contribution in [2.24, 2.45) is 0 Å². The highest BCUT2D eigenvalue weighted by molar-refractivity contribution is 5.93. The van der Waals surface area contributed by atoms with Gasteiger partial charge < -0.3 is 14.0 Å². The van der Waals surface area contributed by atoms with Crippen molar-refractivity contribution in [1.29, 1.82) is 0 Å². The van der Waals surface area contributed by atoms with Crippen LogP contribution in [0.25, 0.3) is 22.2 Å². The van der Waals surface area contributed by atoms with Gasteiger partial charge in [-0.15, -0.1) is 0 Å². The second-order valence-corrected chi connectivity index (χ2v) is 4.75. The Morgan fingerprint density at radius 3 is 2.52 bits per heavy atom. The zero-order valence-corrected chi connectivity index (χ0v) is 12.3. The van der Waals surface area contributed by atoms with Gasteiger partial charge in [0.15, 0.2) is 5.58 Å². The van der Waals surface area contributed by atoms with Gasteiger partial charge in [-0.05, 0) is 30.2 Å². The van der Waals surface area contributed by atoms with Crippen LogP contribution in [0.15, 0.2) is 40.9 Å². The van der Waals surface area contributed by atoms with E-state index in [0.29, 0.717) is 0 Å². The molecule has 0 radical (unpaired) electrons. The third-order valence-corrected chi connectivity index (χ3v) is 3.62. The van der Waals surface area contributed by atoms with E-state index < -0.39 is 0 Å². The van der Waals surface area contributed by atoms with Crippen molar-refractivity contribution >= 4 is 11.0 Å². The molecule has 3 aromatic rings. The number of hydrogen-bond donors (Lipinski definition) is 0. The normalized spacial score (nSPS) is 10.8. The summed E-state index contributed by atoms with van der Waals surface area (Å²) in [5.74, 6) is 1.55. The average molecular weight is 283 g/mol.